The van der Waals surface area contributed by atoms with Crippen LogP contribution in [-0.4, -0.2) is 29.3 Å². The van der Waals surface area contributed by atoms with Crippen molar-refractivity contribution in [2.45, 2.75) is 38.6 Å². The quantitative estimate of drug-likeness (QED) is 0.771. The minimum absolute atomic E-state index is 0.00233. The number of rotatable bonds is 4. The number of phenols is 1. The molecule has 0 amide bonds. The molecular formula is C14H21NO4. The standard InChI is InChI=1S/C14H21NO4/c1-14(2,3)9-5-8(6-10(15)13(17)18)12(19-4)11(16)7-9/h5,7,10,16H,6,15H2,1-4H3,(H,17,18). The van der Waals surface area contributed by atoms with Crippen LogP contribution in [0.3, 0.4) is 0 Å². The second kappa shape index (κ2) is 5.48. The van der Waals surface area contributed by atoms with E-state index in [1.165, 1.54) is 7.11 Å². The molecule has 0 heterocycles. The number of aromatic hydroxyl groups is 1. The van der Waals surface area contributed by atoms with E-state index in [2.05, 4.69) is 0 Å². The summed E-state index contributed by atoms with van der Waals surface area (Å²) in [5.74, 6) is -0.796. The monoisotopic (exact) mass is 267 g/mol. The molecule has 0 aliphatic rings. The number of nitrogens with two attached hydrogens (primary N) is 1. The Kier molecular flexibility index (Phi) is 4.42. The normalized spacial score (nSPS) is 13.1. The molecule has 5 nitrogen and oxygen atoms in total. The van der Waals surface area contributed by atoms with Crippen LogP contribution in [0.5, 0.6) is 11.5 Å². The van der Waals surface area contributed by atoms with E-state index in [4.69, 9.17) is 15.6 Å². The van der Waals surface area contributed by atoms with Gasteiger partial charge in [0.1, 0.15) is 6.04 Å². The third-order valence-electron chi connectivity index (χ3n) is 2.97. The lowest BCUT2D eigenvalue weighted by Gasteiger charge is -2.22. The molecule has 1 unspecified atom stereocenters. The first-order valence-corrected chi connectivity index (χ1v) is 6.05. The zero-order valence-electron chi connectivity index (χ0n) is 11.7. The van der Waals surface area contributed by atoms with E-state index in [-0.39, 0.29) is 23.3 Å². The summed E-state index contributed by atoms with van der Waals surface area (Å²) >= 11 is 0. The Hall–Kier alpha value is -1.75. The smallest absolute Gasteiger partial charge is 0.320 e. The number of carboxylic acid groups (broad SMARTS) is 1. The number of benzene rings is 1. The Morgan fingerprint density at radius 3 is 2.42 bits per heavy atom. The molecule has 0 aliphatic carbocycles. The molecule has 1 atom stereocenters. The topological polar surface area (TPSA) is 92.8 Å². The van der Waals surface area contributed by atoms with Crippen molar-refractivity contribution >= 4 is 5.97 Å². The van der Waals surface area contributed by atoms with Gasteiger partial charge in [0.15, 0.2) is 11.5 Å². The highest BCUT2D eigenvalue weighted by atomic mass is 16.5. The predicted molar refractivity (Wildman–Crippen MR) is 72.7 cm³/mol. The van der Waals surface area contributed by atoms with Crippen LogP contribution in [0.1, 0.15) is 31.9 Å². The van der Waals surface area contributed by atoms with Crippen molar-refractivity contribution in [3.63, 3.8) is 0 Å². The maximum absolute atomic E-state index is 10.8. The molecule has 4 N–H and O–H groups in total. The van der Waals surface area contributed by atoms with Gasteiger partial charge in [-0.2, -0.15) is 0 Å². The van der Waals surface area contributed by atoms with Crippen molar-refractivity contribution in [3.8, 4) is 11.5 Å². The first-order valence-electron chi connectivity index (χ1n) is 6.05. The fourth-order valence-electron chi connectivity index (χ4n) is 1.82. The van der Waals surface area contributed by atoms with Gasteiger partial charge in [-0.15, -0.1) is 0 Å². The van der Waals surface area contributed by atoms with Gasteiger partial charge in [0, 0.05) is 12.0 Å². The van der Waals surface area contributed by atoms with Gasteiger partial charge >= 0.3 is 5.97 Å². The summed E-state index contributed by atoms with van der Waals surface area (Å²) in [5.41, 5.74) is 6.88. The van der Waals surface area contributed by atoms with Gasteiger partial charge in [0.2, 0.25) is 0 Å². The molecule has 0 fully saturated rings. The van der Waals surface area contributed by atoms with Crippen LogP contribution in [0.2, 0.25) is 0 Å². The molecule has 0 radical (unpaired) electrons. The van der Waals surface area contributed by atoms with Crippen molar-refractivity contribution < 1.29 is 19.7 Å². The summed E-state index contributed by atoms with van der Waals surface area (Å²) in [5, 5.41) is 18.9. The number of ether oxygens (including phenoxy) is 1. The average Bonchev–Trinajstić information content (AvgIpc) is 2.27. The third kappa shape index (κ3) is 3.61. The number of methoxy groups -OCH3 is 1. The summed E-state index contributed by atoms with van der Waals surface area (Å²) in [6, 6.07) is 2.44. The first kappa shape index (κ1) is 15.3. The lowest BCUT2D eigenvalue weighted by Crippen LogP contribution is -2.32. The zero-order valence-corrected chi connectivity index (χ0v) is 11.7. The van der Waals surface area contributed by atoms with Gasteiger partial charge < -0.3 is 20.7 Å². The Morgan fingerprint density at radius 2 is 2.00 bits per heavy atom. The molecular weight excluding hydrogens is 246 g/mol. The Labute approximate surface area is 113 Å². The van der Waals surface area contributed by atoms with Crippen LogP contribution in [0.25, 0.3) is 0 Å². The number of aliphatic carboxylic acids is 1. The molecule has 106 valence electrons. The molecule has 0 saturated carbocycles. The highest BCUT2D eigenvalue weighted by Crippen LogP contribution is 2.36. The maximum atomic E-state index is 10.8. The van der Waals surface area contributed by atoms with E-state index in [0.717, 1.165) is 5.56 Å². The summed E-state index contributed by atoms with van der Waals surface area (Å²) in [6.07, 6.45) is 0.107. The third-order valence-corrected chi connectivity index (χ3v) is 2.97. The van der Waals surface area contributed by atoms with Crippen molar-refractivity contribution in [2.24, 2.45) is 5.73 Å². The molecule has 0 saturated heterocycles. The van der Waals surface area contributed by atoms with Crippen LogP contribution in [-0.2, 0) is 16.6 Å². The first-order chi connectivity index (χ1) is 8.66. The van der Waals surface area contributed by atoms with Crippen molar-refractivity contribution in [1.29, 1.82) is 0 Å². The number of hydrogen-bond acceptors (Lipinski definition) is 4. The summed E-state index contributed by atoms with van der Waals surface area (Å²) in [6.45, 7) is 6.03. The second-order valence-electron chi connectivity index (χ2n) is 5.59. The van der Waals surface area contributed by atoms with E-state index in [1.807, 2.05) is 26.8 Å². The SMILES string of the molecule is COc1c(O)cc(C(C)(C)C)cc1CC(N)C(=O)O. The molecule has 0 aromatic heterocycles. The predicted octanol–water partition coefficient (Wildman–Crippen LogP) is 1.65. The lowest BCUT2D eigenvalue weighted by atomic mass is 9.85. The molecule has 0 spiro atoms. The van der Waals surface area contributed by atoms with E-state index in [0.29, 0.717) is 5.56 Å². The van der Waals surface area contributed by atoms with Gasteiger partial charge in [0.05, 0.1) is 7.11 Å². The summed E-state index contributed by atoms with van der Waals surface area (Å²) in [7, 11) is 1.43. The number of carbonyl (C=O) groups is 1. The van der Waals surface area contributed by atoms with Crippen molar-refractivity contribution in [2.75, 3.05) is 7.11 Å². The number of hydrogen-bond donors (Lipinski definition) is 3. The Morgan fingerprint density at radius 1 is 1.42 bits per heavy atom. The maximum Gasteiger partial charge on any atom is 0.320 e. The Balaban J connectivity index is 3.27. The van der Waals surface area contributed by atoms with Crippen LogP contribution < -0.4 is 10.5 Å². The number of phenolic OH excluding ortho intramolecular Hbond substituents is 1. The van der Waals surface area contributed by atoms with E-state index >= 15 is 0 Å². The van der Waals surface area contributed by atoms with E-state index < -0.39 is 12.0 Å². The molecule has 1 aromatic rings. The minimum Gasteiger partial charge on any atom is -0.504 e. The van der Waals surface area contributed by atoms with E-state index in [1.54, 1.807) is 6.07 Å². The van der Waals surface area contributed by atoms with Crippen molar-refractivity contribution in [3.05, 3.63) is 23.3 Å². The van der Waals surface area contributed by atoms with Crippen molar-refractivity contribution in [1.82, 2.24) is 0 Å². The molecule has 0 bridgehead atoms. The fourth-order valence-corrected chi connectivity index (χ4v) is 1.82. The zero-order chi connectivity index (χ0) is 14.8. The highest BCUT2D eigenvalue weighted by molar-refractivity contribution is 5.74. The van der Waals surface area contributed by atoms with Gasteiger partial charge in [-0.25, -0.2) is 0 Å². The summed E-state index contributed by atoms with van der Waals surface area (Å²) in [4.78, 5) is 10.8. The summed E-state index contributed by atoms with van der Waals surface area (Å²) < 4.78 is 5.13. The molecule has 5 heteroatoms. The molecule has 1 aromatic carbocycles. The molecule has 19 heavy (non-hydrogen) atoms. The minimum atomic E-state index is -1.08. The average molecular weight is 267 g/mol. The second-order valence-corrected chi connectivity index (χ2v) is 5.59. The fraction of sp³-hybridized carbons (Fsp3) is 0.500. The molecule has 0 aliphatic heterocycles. The largest absolute Gasteiger partial charge is 0.504 e. The Bertz CT molecular complexity index is 477. The van der Waals surface area contributed by atoms with Crippen LogP contribution >= 0.6 is 0 Å². The van der Waals surface area contributed by atoms with Crippen LogP contribution in [0.4, 0.5) is 0 Å². The highest BCUT2D eigenvalue weighted by Gasteiger charge is 2.22. The van der Waals surface area contributed by atoms with Crippen LogP contribution in [0, 0.1) is 0 Å². The van der Waals surface area contributed by atoms with Crippen LogP contribution in [0.15, 0.2) is 12.1 Å². The van der Waals surface area contributed by atoms with E-state index in [9.17, 15) is 9.90 Å². The van der Waals surface area contributed by atoms with Gasteiger partial charge in [0.25, 0.3) is 0 Å². The number of carboxylic acids is 1. The molecule has 1 rings (SSSR count). The van der Waals surface area contributed by atoms with Gasteiger partial charge in [-0.05, 0) is 17.0 Å². The van der Waals surface area contributed by atoms with Gasteiger partial charge in [-0.1, -0.05) is 26.8 Å². The van der Waals surface area contributed by atoms with Gasteiger partial charge in [-0.3, -0.25) is 4.79 Å². The lowest BCUT2D eigenvalue weighted by molar-refractivity contribution is -0.138.